The van der Waals surface area contributed by atoms with Crippen LogP contribution in [-0.2, 0) is 24.0 Å². The van der Waals surface area contributed by atoms with Crippen molar-refractivity contribution >= 4 is 42.2 Å². The van der Waals surface area contributed by atoms with Crippen LogP contribution in [0.5, 0.6) is 0 Å². The summed E-state index contributed by atoms with van der Waals surface area (Å²) >= 11 is 3.86. The highest BCUT2D eigenvalue weighted by Crippen LogP contribution is 1.97. The van der Waals surface area contributed by atoms with Crippen LogP contribution in [0.25, 0.3) is 0 Å². The van der Waals surface area contributed by atoms with Gasteiger partial charge < -0.3 is 32.5 Å². The number of hydrogen-bond donors (Lipinski definition) is 7. The zero-order chi connectivity index (χ0) is 19.7. The molecule has 0 saturated carbocycles. The summed E-state index contributed by atoms with van der Waals surface area (Å²) in [5.41, 5.74) is 10.5. The van der Waals surface area contributed by atoms with Gasteiger partial charge in [0.25, 0.3) is 0 Å². The van der Waals surface area contributed by atoms with E-state index in [1.165, 1.54) is 13.8 Å². The lowest BCUT2D eigenvalue weighted by Crippen LogP contribution is -2.56. The molecule has 0 aliphatic carbocycles. The Labute approximate surface area is 149 Å². The summed E-state index contributed by atoms with van der Waals surface area (Å²) in [5, 5.41) is 15.5. The molecule has 25 heavy (non-hydrogen) atoms. The van der Waals surface area contributed by atoms with Crippen LogP contribution in [0.2, 0.25) is 0 Å². The normalized spacial score (nSPS) is 15.2. The van der Waals surface area contributed by atoms with Crippen molar-refractivity contribution in [2.75, 3.05) is 5.75 Å². The molecular formula is C13H23N5O6S. The lowest BCUT2D eigenvalue weighted by atomic mass is 10.1. The maximum absolute atomic E-state index is 12.1. The Balaban J connectivity index is 4.92. The lowest BCUT2D eigenvalue weighted by molar-refractivity contribution is -0.142. The minimum Gasteiger partial charge on any atom is -0.480 e. The molecule has 0 saturated heterocycles. The summed E-state index contributed by atoms with van der Waals surface area (Å²) in [5.74, 6) is -4.39. The number of nitrogens with two attached hydrogens (primary N) is 2. The van der Waals surface area contributed by atoms with E-state index in [1.54, 1.807) is 0 Å². The molecule has 4 unspecified atom stereocenters. The fourth-order valence-electron chi connectivity index (χ4n) is 1.55. The molecular weight excluding hydrogens is 354 g/mol. The highest BCUT2D eigenvalue weighted by atomic mass is 32.1. The van der Waals surface area contributed by atoms with Gasteiger partial charge in [0.15, 0.2) is 0 Å². The third-order valence-corrected chi connectivity index (χ3v) is 3.45. The van der Waals surface area contributed by atoms with Crippen LogP contribution in [-0.4, -0.2) is 64.6 Å². The summed E-state index contributed by atoms with van der Waals surface area (Å²) in [4.78, 5) is 57.5. The van der Waals surface area contributed by atoms with Gasteiger partial charge in [0, 0.05) is 5.75 Å². The second-order valence-electron chi connectivity index (χ2n) is 5.32. The zero-order valence-corrected chi connectivity index (χ0v) is 14.7. The third kappa shape index (κ3) is 8.35. The lowest BCUT2D eigenvalue weighted by Gasteiger charge is -2.22. The molecule has 11 nitrogen and oxygen atoms in total. The first-order valence-corrected chi connectivity index (χ1v) is 7.91. The topological polar surface area (TPSA) is 194 Å². The van der Waals surface area contributed by atoms with Gasteiger partial charge in [-0.25, -0.2) is 0 Å². The fraction of sp³-hybridized carbons (Fsp3) is 0.615. The number of nitrogens with one attached hydrogen (secondary N) is 3. The van der Waals surface area contributed by atoms with Crippen molar-refractivity contribution < 1.29 is 29.1 Å². The minimum atomic E-state index is -1.38. The maximum atomic E-state index is 12.1. The van der Waals surface area contributed by atoms with Gasteiger partial charge in [-0.05, 0) is 13.8 Å². The highest BCUT2D eigenvalue weighted by Gasteiger charge is 2.28. The molecule has 0 aromatic rings. The van der Waals surface area contributed by atoms with Crippen molar-refractivity contribution in [3.63, 3.8) is 0 Å². The summed E-state index contributed by atoms with van der Waals surface area (Å²) < 4.78 is 0. The number of carbonyl (C=O) groups excluding carboxylic acids is 4. The first-order chi connectivity index (χ1) is 11.5. The number of aliphatic carboxylic acids is 1. The predicted octanol–water partition coefficient (Wildman–Crippen LogP) is -3.30. The van der Waals surface area contributed by atoms with E-state index in [0.717, 1.165) is 0 Å². The smallest absolute Gasteiger partial charge is 0.325 e. The van der Waals surface area contributed by atoms with Gasteiger partial charge in [-0.2, -0.15) is 12.6 Å². The van der Waals surface area contributed by atoms with Gasteiger partial charge >= 0.3 is 5.97 Å². The Hall–Kier alpha value is -2.34. The van der Waals surface area contributed by atoms with Crippen molar-refractivity contribution in [1.29, 1.82) is 0 Å². The molecule has 0 heterocycles. The Kier molecular flexibility index (Phi) is 9.53. The molecule has 0 aliphatic heterocycles. The molecule has 0 aromatic carbocycles. The van der Waals surface area contributed by atoms with Crippen molar-refractivity contribution in [3.8, 4) is 0 Å². The molecule has 4 atom stereocenters. The van der Waals surface area contributed by atoms with Crippen LogP contribution in [0.15, 0.2) is 0 Å². The van der Waals surface area contributed by atoms with Gasteiger partial charge in [-0.1, -0.05) is 0 Å². The van der Waals surface area contributed by atoms with Crippen LogP contribution < -0.4 is 27.4 Å². The monoisotopic (exact) mass is 377 g/mol. The number of carbonyl (C=O) groups is 5. The second-order valence-corrected chi connectivity index (χ2v) is 5.68. The number of hydrogen-bond acceptors (Lipinski definition) is 7. The van der Waals surface area contributed by atoms with E-state index in [-0.39, 0.29) is 5.75 Å². The molecule has 12 heteroatoms. The molecule has 0 spiro atoms. The quantitative estimate of drug-likeness (QED) is 0.194. The first-order valence-electron chi connectivity index (χ1n) is 7.28. The van der Waals surface area contributed by atoms with Gasteiger partial charge in [-0.3, -0.25) is 24.0 Å². The molecule has 0 bridgehead atoms. The molecule has 8 N–H and O–H groups in total. The van der Waals surface area contributed by atoms with Crippen LogP contribution in [0.1, 0.15) is 20.3 Å². The van der Waals surface area contributed by atoms with Gasteiger partial charge in [0.1, 0.15) is 18.1 Å². The maximum Gasteiger partial charge on any atom is 0.325 e. The van der Waals surface area contributed by atoms with Gasteiger partial charge in [-0.15, -0.1) is 0 Å². The molecule has 0 fully saturated rings. The number of rotatable bonds is 10. The van der Waals surface area contributed by atoms with Crippen LogP contribution >= 0.6 is 12.6 Å². The van der Waals surface area contributed by atoms with Crippen molar-refractivity contribution in [2.24, 2.45) is 11.5 Å². The van der Waals surface area contributed by atoms with E-state index >= 15 is 0 Å². The highest BCUT2D eigenvalue weighted by molar-refractivity contribution is 7.80. The Bertz CT molecular complexity index is 543. The van der Waals surface area contributed by atoms with E-state index in [0.29, 0.717) is 0 Å². The summed E-state index contributed by atoms with van der Waals surface area (Å²) in [6.45, 7) is 2.56. The number of carboxylic acids is 1. The number of carboxylic acid groups (broad SMARTS) is 1. The first kappa shape index (κ1) is 22.7. The average molecular weight is 377 g/mol. The molecule has 4 amide bonds. The van der Waals surface area contributed by atoms with Gasteiger partial charge in [0.2, 0.25) is 23.6 Å². The number of amides is 4. The van der Waals surface area contributed by atoms with Crippen LogP contribution in [0, 0.1) is 0 Å². The van der Waals surface area contributed by atoms with Crippen molar-refractivity contribution in [1.82, 2.24) is 16.0 Å². The summed E-state index contributed by atoms with van der Waals surface area (Å²) in [6, 6.07) is -4.59. The number of primary amides is 1. The minimum absolute atomic E-state index is 0.0694. The van der Waals surface area contributed by atoms with E-state index < -0.39 is 60.2 Å². The van der Waals surface area contributed by atoms with Gasteiger partial charge in [0.05, 0.1) is 12.5 Å². The van der Waals surface area contributed by atoms with Crippen molar-refractivity contribution in [2.45, 2.75) is 44.4 Å². The standard InChI is InChI=1S/C13H23N5O6S/c1-5(16-11(21)7(14)4-25)10(20)18-8(3-9(15)19)12(22)17-6(2)13(23)24/h5-8,25H,3-4,14H2,1-2H3,(H2,15,19)(H,16,21)(H,17,22)(H,18,20)(H,23,24). The molecule has 0 radical (unpaired) electrons. The van der Waals surface area contributed by atoms with E-state index in [9.17, 15) is 24.0 Å². The Morgan fingerprint density at radius 2 is 1.48 bits per heavy atom. The van der Waals surface area contributed by atoms with Crippen LogP contribution in [0.3, 0.4) is 0 Å². The predicted molar refractivity (Wildman–Crippen MR) is 90.4 cm³/mol. The summed E-state index contributed by atoms with van der Waals surface area (Å²) in [6.07, 6.45) is -0.541. The average Bonchev–Trinajstić information content (AvgIpc) is 2.52. The Morgan fingerprint density at radius 1 is 0.960 bits per heavy atom. The van der Waals surface area contributed by atoms with E-state index in [4.69, 9.17) is 16.6 Å². The Morgan fingerprint density at radius 3 is 1.92 bits per heavy atom. The van der Waals surface area contributed by atoms with Crippen LogP contribution in [0.4, 0.5) is 0 Å². The SMILES string of the molecule is CC(NC(=O)C(CC(N)=O)NC(=O)C(C)NC(=O)C(N)CS)C(=O)O. The largest absolute Gasteiger partial charge is 0.480 e. The van der Waals surface area contributed by atoms with E-state index in [2.05, 4.69) is 28.6 Å². The third-order valence-electron chi connectivity index (χ3n) is 3.05. The molecule has 0 aliphatic rings. The van der Waals surface area contributed by atoms with E-state index in [1.807, 2.05) is 0 Å². The summed E-state index contributed by atoms with van der Waals surface area (Å²) in [7, 11) is 0. The molecule has 0 rings (SSSR count). The fourth-order valence-corrected chi connectivity index (χ4v) is 1.72. The molecule has 0 aromatic heterocycles. The second kappa shape index (κ2) is 10.5. The number of thiol groups is 1. The van der Waals surface area contributed by atoms with Crippen molar-refractivity contribution in [3.05, 3.63) is 0 Å². The zero-order valence-electron chi connectivity index (χ0n) is 13.8. The molecule has 142 valence electrons.